The number of methoxy groups -OCH3 is 1. The molecule has 0 radical (unpaired) electrons. The van der Waals surface area contributed by atoms with Crippen LogP contribution in [0.15, 0.2) is 54.7 Å². The molecule has 1 fully saturated rings. The standard InChI is InChI=1S/C21H19F3N4O/c1-29-17-8-3-2-6-15(17)14-9-11-28(13-14)19-12-18(21(22,23)24)26-20(27-19)16-7-4-5-10-25-16/h2-8,10,12,14H,9,11,13H2,1H3. The Kier molecular flexibility index (Phi) is 5.08. The first-order chi connectivity index (χ1) is 14.0. The van der Waals surface area contributed by atoms with Gasteiger partial charge in [0.2, 0.25) is 0 Å². The van der Waals surface area contributed by atoms with Crippen molar-refractivity contribution in [2.24, 2.45) is 0 Å². The molecule has 0 saturated carbocycles. The second kappa shape index (κ2) is 7.69. The normalized spacial score (nSPS) is 16.8. The first-order valence-corrected chi connectivity index (χ1v) is 9.21. The number of halogens is 3. The quantitative estimate of drug-likeness (QED) is 0.643. The lowest BCUT2D eigenvalue weighted by molar-refractivity contribution is -0.141. The highest BCUT2D eigenvalue weighted by molar-refractivity contribution is 5.55. The lowest BCUT2D eigenvalue weighted by Crippen LogP contribution is -2.22. The Labute approximate surface area is 166 Å². The van der Waals surface area contributed by atoms with Gasteiger partial charge in [0.1, 0.15) is 17.3 Å². The highest BCUT2D eigenvalue weighted by Gasteiger charge is 2.35. The molecule has 3 heterocycles. The highest BCUT2D eigenvalue weighted by atomic mass is 19.4. The van der Waals surface area contributed by atoms with Gasteiger partial charge in [-0.15, -0.1) is 0 Å². The van der Waals surface area contributed by atoms with E-state index in [1.807, 2.05) is 29.2 Å². The monoisotopic (exact) mass is 400 g/mol. The predicted molar refractivity (Wildman–Crippen MR) is 103 cm³/mol. The Morgan fingerprint density at radius 1 is 1.07 bits per heavy atom. The molecule has 4 rings (SSSR count). The molecule has 2 aromatic heterocycles. The fourth-order valence-electron chi connectivity index (χ4n) is 3.58. The van der Waals surface area contributed by atoms with Crippen molar-refractivity contribution in [1.29, 1.82) is 0 Å². The molecule has 1 unspecified atom stereocenters. The van der Waals surface area contributed by atoms with Crippen molar-refractivity contribution in [3.63, 3.8) is 0 Å². The van der Waals surface area contributed by atoms with Crippen LogP contribution >= 0.6 is 0 Å². The minimum atomic E-state index is -4.57. The van der Waals surface area contributed by atoms with E-state index in [4.69, 9.17) is 4.74 Å². The van der Waals surface area contributed by atoms with E-state index in [9.17, 15) is 13.2 Å². The minimum absolute atomic E-state index is 0.0313. The number of anilines is 1. The van der Waals surface area contributed by atoms with Crippen molar-refractivity contribution in [1.82, 2.24) is 15.0 Å². The van der Waals surface area contributed by atoms with E-state index in [0.29, 0.717) is 18.8 Å². The number of rotatable bonds is 4. The van der Waals surface area contributed by atoms with Crippen molar-refractivity contribution < 1.29 is 17.9 Å². The molecule has 0 amide bonds. The van der Waals surface area contributed by atoms with Gasteiger partial charge >= 0.3 is 6.18 Å². The average Bonchev–Trinajstić information content (AvgIpc) is 3.23. The minimum Gasteiger partial charge on any atom is -0.496 e. The van der Waals surface area contributed by atoms with Crippen LogP contribution in [0.3, 0.4) is 0 Å². The van der Waals surface area contributed by atoms with Gasteiger partial charge in [-0.1, -0.05) is 24.3 Å². The van der Waals surface area contributed by atoms with Crippen LogP contribution < -0.4 is 9.64 Å². The number of para-hydroxylation sites is 1. The Bertz CT molecular complexity index is 995. The maximum Gasteiger partial charge on any atom is 0.433 e. The van der Waals surface area contributed by atoms with Crippen LogP contribution in [0.2, 0.25) is 0 Å². The lowest BCUT2D eigenvalue weighted by Gasteiger charge is -2.20. The summed E-state index contributed by atoms with van der Waals surface area (Å²) in [5, 5.41) is 0. The molecule has 1 aliphatic heterocycles. The van der Waals surface area contributed by atoms with E-state index in [1.165, 1.54) is 6.20 Å². The Balaban J connectivity index is 1.68. The summed E-state index contributed by atoms with van der Waals surface area (Å²) in [5.74, 6) is 1.16. The maximum absolute atomic E-state index is 13.4. The van der Waals surface area contributed by atoms with Crippen LogP contribution in [0.25, 0.3) is 11.5 Å². The maximum atomic E-state index is 13.4. The van der Waals surface area contributed by atoms with Gasteiger partial charge in [-0.25, -0.2) is 9.97 Å². The van der Waals surface area contributed by atoms with Gasteiger partial charge in [0.05, 0.1) is 7.11 Å². The van der Waals surface area contributed by atoms with E-state index in [0.717, 1.165) is 23.8 Å². The highest BCUT2D eigenvalue weighted by Crippen LogP contribution is 2.37. The molecule has 29 heavy (non-hydrogen) atoms. The van der Waals surface area contributed by atoms with Gasteiger partial charge in [-0.05, 0) is 30.2 Å². The summed E-state index contributed by atoms with van der Waals surface area (Å²) in [6, 6.07) is 13.7. The van der Waals surface area contributed by atoms with Gasteiger partial charge in [0.25, 0.3) is 0 Å². The number of hydrogen-bond acceptors (Lipinski definition) is 5. The summed E-state index contributed by atoms with van der Waals surface area (Å²) in [6.45, 7) is 1.15. The molecule has 8 heteroatoms. The molecular formula is C21H19F3N4O. The van der Waals surface area contributed by atoms with E-state index < -0.39 is 11.9 Å². The van der Waals surface area contributed by atoms with E-state index >= 15 is 0 Å². The van der Waals surface area contributed by atoms with Gasteiger partial charge in [0.15, 0.2) is 11.5 Å². The molecule has 1 aromatic carbocycles. The molecule has 5 nitrogen and oxygen atoms in total. The van der Waals surface area contributed by atoms with Crippen molar-refractivity contribution in [3.05, 3.63) is 66.0 Å². The van der Waals surface area contributed by atoms with Crippen LogP contribution in [0.5, 0.6) is 5.75 Å². The summed E-state index contributed by atoms with van der Waals surface area (Å²) in [4.78, 5) is 14.1. The smallest absolute Gasteiger partial charge is 0.433 e. The first-order valence-electron chi connectivity index (χ1n) is 9.21. The molecule has 1 atom stereocenters. The molecular weight excluding hydrogens is 381 g/mol. The summed E-state index contributed by atoms with van der Waals surface area (Å²) in [5.41, 5.74) is 0.386. The summed E-state index contributed by atoms with van der Waals surface area (Å²) >= 11 is 0. The topological polar surface area (TPSA) is 51.1 Å². The third-order valence-electron chi connectivity index (χ3n) is 4.99. The molecule has 1 saturated heterocycles. The van der Waals surface area contributed by atoms with Crippen molar-refractivity contribution >= 4 is 5.82 Å². The summed E-state index contributed by atoms with van der Waals surface area (Å²) < 4.78 is 45.8. The Hall–Kier alpha value is -3.16. The van der Waals surface area contributed by atoms with Crippen LogP contribution in [0, 0.1) is 0 Å². The van der Waals surface area contributed by atoms with Gasteiger partial charge < -0.3 is 9.64 Å². The average molecular weight is 400 g/mol. The van der Waals surface area contributed by atoms with Gasteiger partial charge in [0, 0.05) is 31.3 Å². The number of hydrogen-bond donors (Lipinski definition) is 0. The molecule has 1 aliphatic rings. The number of aromatic nitrogens is 3. The van der Waals surface area contributed by atoms with Gasteiger partial charge in [-0.2, -0.15) is 13.2 Å². The second-order valence-corrected chi connectivity index (χ2v) is 6.82. The fraction of sp³-hybridized carbons (Fsp3) is 0.286. The van der Waals surface area contributed by atoms with Crippen LogP contribution in [0.4, 0.5) is 19.0 Å². The summed E-state index contributed by atoms with van der Waals surface area (Å²) in [7, 11) is 1.62. The van der Waals surface area contributed by atoms with Crippen LogP contribution in [-0.4, -0.2) is 35.2 Å². The second-order valence-electron chi connectivity index (χ2n) is 6.82. The van der Waals surface area contributed by atoms with Crippen LogP contribution in [-0.2, 0) is 6.18 Å². The Morgan fingerprint density at radius 2 is 1.86 bits per heavy atom. The molecule has 0 spiro atoms. The zero-order chi connectivity index (χ0) is 20.4. The van der Waals surface area contributed by atoms with E-state index in [-0.39, 0.29) is 17.6 Å². The largest absolute Gasteiger partial charge is 0.496 e. The van der Waals surface area contributed by atoms with Crippen molar-refractivity contribution in [3.8, 4) is 17.3 Å². The third kappa shape index (κ3) is 4.01. The molecule has 3 aromatic rings. The predicted octanol–water partition coefficient (Wildman–Crippen LogP) is 4.56. The summed E-state index contributed by atoms with van der Waals surface area (Å²) in [6.07, 6.45) is -2.26. The molecule has 150 valence electrons. The number of alkyl halides is 3. The SMILES string of the molecule is COc1ccccc1C1CCN(c2cc(C(F)(F)F)nc(-c3ccccn3)n2)C1. The van der Waals surface area contributed by atoms with Crippen molar-refractivity contribution in [2.45, 2.75) is 18.5 Å². The van der Waals surface area contributed by atoms with E-state index in [2.05, 4.69) is 15.0 Å². The lowest BCUT2D eigenvalue weighted by atomic mass is 9.97. The first kappa shape index (κ1) is 19.2. The number of benzene rings is 1. The number of nitrogens with zero attached hydrogens (tertiary/aromatic N) is 4. The van der Waals surface area contributed by atoms with E-state index in [1.54, 1.807) is 25.3 Å². The molecule has 0 N–H and O–H groups in total. The zero-order valence-electron chi connectivity index (χ0n) is 15.7. The third-order valence-corrected chi connectivity index (χ3v) is 4.99. The molecule has 0 aliphatic carbocycles. The number of pyridine rings is 1. The molecule has 0 bridgehead atoms. The Morgan fingerprint density at radius 3 is 2.59 bits per heavy atom. The van der Waals surface area contributed by atoms with Gasteiger partial charge in [-0.3, -0.25) is 4.98 Å². The number of ether oxygens (including phenoxy) is 1. The van der Waals surface area contributed by atoms with Crippen molar-refractivity contribution in [2.75, 3.05) is 25.1 Å². The fourth-order valence-corrected chi connectivity index (χ4v) is 3.58. The zero-order valence-corrected chi connectivity index (χ0v) is 15.7. The van der Waals surface area contributed by atoms with Crippen LogP contribution in [0.1, 0.15) is 23.6 Å².